The Hall–Kier alpha value is -3.78. The van der Waals surface area contributed by atoms with Crippen molar-refractivity contribution in [2.45, 2.75) is 12.3 Å². The predicted octanol–water partition coefficient (Wildman–Crippen LogP) is 4.37. The van der Waals surface area contributed by atoms with Crippen LogP contribution in [0.25, 0.3) is 0 Å². The Morgan fingerprint density at radius 3 is 2.06 bits per heavy atom. The van der Waals surface area contributed by atoms with Gasteiger partial charge in [-0.15, -0.1) is 0 Å². The quantitative estimate of drug-likeness (QED) is 0.535. The van der Waals surface area contributed by atoms with Gasteiger partial charge in [-0.25, -0.2) is 0 Å². The number of rotatable bonds is 7. The van der Waals surface area contributed by atoms with Crippen molar-refractivity contribution in [1.29, 1.82) is 0 Å². The Morgan fingerprint density at radius 2 is 1.52 bits per heavy atom. The molecule has 0 fully saturated rings. The van der Waals surface area contributed by atoms with Crippen LogP contribution in [0.2, 0.25) is 5.02 Å². The number of hydrogen-bond donors (Lipinski definition) is 2. The van der Waals surface area contributed by atoms with Crippen molar-refractivity contribution >= 4 is 40.7 Å². The maximum absolute atomic E-state index is 13.6. The fourth-order valence-corrected chi connectivity index (χ4v) is 3.16. The summed E-state index contributed by atoms with van der Waals surface area (Å²) in [4.78, 5) is 37.3. The van der Waals surface area contributed by atoms with Crippen molar-refractivity contribution < 1.29 is 23.2 Å². The molecule has 0 aliphatic heterocycles. The van der Waals surface area contributed by atoms with Crippen LogP contribution in [0.1, 0.15) is 21.5 Å². The van der Waals surface area contributed by atoms with E-state index in [0.717, 1.165) is 12.1 Å². The van der Waals surface area contributed by atoms with Gasteiger partial charge in [-0.2, -0.15) is 8.78 Å². The lowest BCUT2D eigenvalue weighted by Crippen LogP contribution is -2.32. The van der Waals surface area contributed by atoms with E-state index in [1.165, 1.54) is 17.0 Å². The molecule has 33 heavy (non-hydrogen) atoms. The largest absolute Gasteiger partial charge is 0.364 e. The monoisotopic (exact) mass is 471 g/mol. The van der Waals surface area contributed by atoms with Crippen molar-refractivity contribution in [3.8, 4) is 0 Å². The Kier molecular flexibility index (Phi) is 7.08. The first-order chi connectivity index (χ1) is 15.6. The third kappa shape index (κ3) is 5.72. The summed E-state index contributed by atoms with van der Waals surface area (Å²) < 4.78 is 27.3. The Labute approximate surface area is 194 Å². The number of halogens is 3. The third-order valence-corrected chi connectivity index (χ3v) is 5.18. The first kappa shape index (κ1) is 23.9. The molecular formula is C24H20ClF2N3O3. The SMILES string of the molecule is CN(C(=O)c1ccc(NC(=O)Cc2ccc(C(F)(F)C(N)=O)cc2)cc1)c1ccc(Cl)cc1. The normalized spacial score (nSPS) is 11.0. The summed E-state index contributed by atoms with van der Waals surface area (Å²) in [5.41, 5.74) is 6.23. The van der Waals surface area contributed by atoms with E-state index in [0.29, 0.717) is 27.5 Å². The highest BCUT2D eigenvalue weighted by molar-refractivity contribution is 6.30. The minimum absolute atomic E-state index is 0.0671. The molecule has 9 heteroatoms. The highest BCUT2D eigenvalue weighted by Gasteiger charge is 2.38. The average molecular weight is 472 g/mol. The molecule has 3 amide bonds. The molecule has 0 aliphatic rings. The van der Waals surface area contributed by atoms with E-state index < -0.39 is 17.4 Å². The van der Waals surface area contributed by atoms with E-state index in [4.69, 9.17) is 17.3 Å². The van der Waals surface area contributed by atoms with Gasteiger partial charge in [-0.1, -0.05) is 35.9 Å². The highest BCUT2D eigenvalue weighted by atomic mass is 35.5. The zero-order chi connectivity index (χ0) is 24.2. The first-order valence-corrected chi connectivity index (χ1v) is 10.2. The summed E-state index contributed by atoms with van der Waals surface area (Å²) in [5.74, 6) is -6.12. The fourth-order valence-electron chi connectivity index (χ4n) is 3.04. The van der Waals surface area contributed by atoms with Gasteiger partial charge in [0.25, 0.3) is 11.8 Å². The number of nitrogens with one attached hydrogen (secondary N) is 1. The summed E-state index contributed by atoms with van der Waals surface area (Å²) in [5, 5.41) is 3.25. The lowest BCUT2D eigenvalue weighted by Gasteiger charge is -2.17. The highest BCUT2D eigenvalue weighted by Crippen LogP contribution is 2.27. The van der Waals surface area contributed by atoms with Gasteiger partial charge in [0.1, 0.15) is 0 Å². The molecule has 0 unspecified atom stereocenters. The van der Waals surface area contributed by atoms with Crippen LogP contribution in [0.5, 0.6) is 0 Å². The first-order valence-electron chi connectivity index (χ1n) is 9.78. The van der Waals surface area contributed by atoms with Crippen LogP contribution in [0.15, 0.2) is 72.8 Å². The molecule has 6 nitrogen and oxygen atoms in total. The van der Waals surface area contributed by atoms with Crippen molar-refractivity contribution in [3.63, 3.8) is 0 Å². The van der Waals surface area contributed by atoms with Crippen LogP contribution < -0.4 is 16.0 Å². The number of alkyl halides is 2. The second-order valence-corrected chi connectivity index (χ2v) is 7.71. The van der Waals surface area contributed by atoms with Crippen LogP contribution in [0, 0.1) is 0 Å². The van der Waals surface area contributed by atoms with Crippen molar-refractivity contribution in [2.24, 2.45) is 5.73 Å². The minimum atomic E-state index is -3.78. The maximum atomic E-state index is 13.6. The Morgan fingerprint density at radius 1 is 0.939 bits per heavy atom. The van der Waals surface area contributed by atoms with Gasteiger partial charge >= 0.3 is 5.92 Å². The number of amides is 3. The van der Waals surface area contributed by atoms with Gasteiger partial charge in [0.15, 0.2) is 0 Å². The standard InChI is InChI=1S/C24H20ClF2N3O3/c1-30(20-12-8-18(25)9-13-20)22(32)16-4-10-19(11-5-16)29-21(31)14-15-2-6-17(7-3-15)24(26,27)23(28)33/h2-13H,14H2,1H3,(H2,28,33)(H,29,31). The van der Waals surface area contributed by atoms with Gasteiger partial charge in [-0.05, 0) is 54.1 Å². The second-order valence-electron chi connectivity index (χ2n) is 7.28. The van der Waals surface area contributed by atoms with Crippen LogP contribution in [0.3, 0.4) is 0 Å². The maximum Gasteiger partial charge on any atom is 0.349 e. The molecule has 170 valence electrons. The molecule has 0 spiro atoms. The van der Waals surface area contributed by atoms with E-state index in [2.05, 4.69) is 5.32 Å². The molecule has 0 aliphatic carbocycles. The average Bonchev–Trinajstić information content (AvgIpc) is 2.79. The summed E-state index contributed by atoms with van der Waals surface area (Å²) >= 11 is 5.87. The molecule has 3 aromatic rings. The molecule has 0 saturated carbocycles. The van der Waals surface area contributed by atoms with Crippen LogP contribution >= 0.6 is 11.6 Å². The number of nitrogens with zero attached hydrogens (tertiary/aromatic N) is 1. The van der Waals surface area contributed by atoms with E-state index in [-0.39, 0.29) is 18.2 Å². The lowest BCUT2D eigenvalue weighted by molar-refractivity contribution is -0.143. The molecule has 3 rings (SSSR count). The van der Waals surface area contributed by atoms with Crippen molar-refractivity contribution in [3.05, 3.63) is 94.5 Å². The number of carbonyl (C=O) groups excluding carboxylic acids is 3. The molecule has 0 saturated heterocycles. The Balaban J connectivity index is 1.60. The van der Waals surface area contributed by atoms with Gasteiger partial charge in [0.05, 0.1) is 6.42 Å². The lowest BCUT2D eigenvalue weighted by atomic mass is 10.0. The van der Waals surface area contributed by atoms with E-state index in [9.17, 15) is 23.2 Å². The van der Waals surface area contributed by atoms with Gasteiger partial charge < -0.3 is 16.0 Å². The molecular weight excluding hydrogens is 452 g/mol. The topological polar surface area (TPSA) is 92.5 Å². The molecule has 0 atom stereocenters. The predicted molar refractivity (Wildman–Crippen MR) is 122 cm³/mol. The summed E-state index contributed by atoms with van der Waals surface area (Å²) in [6.07, 6.45) is -0.0671. The summed E-state index contributed by atoms with van der Waals surface area (Å²) in [7, 11) is 1.64. The zero-order valence-corrected chi connectivity index (χ0v) is 18.3. The number of anilines is 2. The van der Waals surface area contributed by atoms with E-state index in [1.54, 1.807) is 55.6 Å². The fraction of sp³-hybridized carbons (Fsp3) is 0.125. The molecule has 0 bridgehead atoms. The van der Waals surface area contributed by atoms with E-state index in [1.807, 2.05) is 0 Å². The van der Waals surface area contributed by atoms with Gasteiger partial charge in [0.2, 0.25) is 5.91 Å². The van der Waals surface area contributed by atoms with Crippen LogP contribution in [-0.4, -0.2) is 24.8 Å². The second kappa shape index (κ2) is 9.79. The smallest absolute Gasteiger partial charge is 0.349 e. The van der Waals surface area contributed by atoms with Crippen molar-refractivity contribution in [1.82, 2.24) is 0 Å². The van der Waals surface area contributed by atoms with Crippen molar-refractivity contribution in [2.75, 3.05) is 17.3 Å². The number of nitrogens with two attached hydrogens (primary N) is 1. The van der Waals surface area contributed by atoms with Gasteiger partial charge in [-0.3, -0.25) is 14.4 Å². The minimum Gasteiger partial charge on any atom is -0.364 e. The number of hydrogen-bond acceptors (Lipinski definition) is 3. The molecule has 3 aromatic carbocycles. The van der Waals surface area contributed by atoms with Crippen LogP contribution in [-0.2, 0) is 21.9 Å². The Bertz CT molecular complexity index is 1170. The molecule has 0 heterocycles. The third-order valence-electron chi connectivity index (χ3n) is 4.92. The van der Waals surface area contributed by atoms with Crippen LogP contribution in [0.4, 0.5) is 20.2 Å². The number of benzene rings is 3. The molecule has 0 aromatic heterocycles. The van der Waals surface area contributed by atoms with E-state index >= 15 is 0 Å². The summed E-state index contributed by atoms with van der Waals surface area (Å²) in [6, 6.07) is 18.0. The van der Waals surface area contributed by atoms with Gasteiger partial charge in [0, 0.05) is 34.6 Å². The number of carbonyl (C=O) groups is 3. The number of primary amides is 1. The zero-order valence-electron chi connectivity index (χ0n) is 17.5. The summed E-state index contributed by atoms with van der Waals surface area (Å²) in [6.45, 7) is 0. The molecule has 0 radical (unpaired) electrons. The molecule has 3 N–H and O–H groups in total.